The van der Waals surface area contributed by atoms with Crippen LogP contribution in [0, 0.1) is 0 Å². The number of aliphatic hydroxyl groups is 1. The second kappa shape index (κ2) is 9.21. The van der Waals surface area contributed by atoms with Gasteiger partial charge in [0.1, 0.15) is 0 Å². The summed E-state index contributed by atoms with van der Waals surface area (Å²) in [7, 11) is 0. The molecule has 3 nitrogen and oxygen atoms in total. The molecule has 0 saturated carbocycles. The van der Waals surface area contributed by atoms with Crippen LogP contribution < -0.4 is 0 Å². The normalized spacial score (nSPS) is 8.73. The number of ether oxygens (including phenoxy) is 1. The zero-order valence-corrected chi connectivity index (χ0v) is 9.27. The summed E-state index contributed by atoms with van der Waals surface area (Å²) >= 11 is 0. The molecular formula is C12H18O3. The fourth-order valence-corrected chi connectivity index (χ4v) is 0.977. The standard InChI is InChI=1S/C8H10O.C4H8O2/c9-7-6-8-4-2-1-3-5-8;1-3-6-4(2)5/h1-5,9H,6-7H2;3H2,1-2H3. The fourth-order valence-electron chi connectivity index (χ4n) is 0.977. The van der Waals surface area contributed by atoms with Gasteiger partial charge < -0.3 is 9.84 Å². The van der Waals surface area contributed by atoms with Crippen LogP contribution in [-0.2, 0) is 16.0 Å². The summed E-state index contributed by atoms with van der Waals surface area (Å²) in [5, 5.41) is 8.52. The van der Waals surface area contributed by atoms with Crippen molar-refractivity contribution >= 4 is 5.97 Å². The minimum atomic E-state index is -0.211. The molecule has 0 spiro atoms. The number of esters is 1. The Kier molecular flexibility index (Phi) is 8.39. The summed E-state index contributed by atoms with van der Waals surface area (Å²) in [6, 6.07) is 9.95. The van der Waals surface area contributed by atoms with Crippen molar-refractivity contribution in [1.29, 1.82) is 0 Å². The first kappa shape index (κ1) is 13.7. The van der Waals surface area contributed by atoms with Gasteiger partial charge in [-0.3, -0.25) is 4.79 Å². The SMILES string of the molecule is CCOC(C)=O.OCCc1ccccc1. The second-order valence-electron chi connectivity index (χ2n) is 2.88. The van der Waals surface area contributed by atoms with E-state index in [1.54, 1.807) is 6.92 Å². The van der Waals surface area contributed by atoms with Crippen molar-refractivity contribution < 1.29 is 14.6 Å². The van der Waals surface area contributed by atoms with Gasteiger partial charge in [0.2, 0.25) is 0 Å². The molecule has 0 aromatic heterocycles. The molecule has 0 aliphatic heterocycles. The topological polar surface area (TPSA) is 46.5 Å². The van der Waals surface area contributed by atoms with Crippen molar-refractivity contribution in [1.82, 2.24) is 0 Å². The molecule has 0 heterocycles. The second-order valence-corrected chi connectivity index (χ2v) is 2.88. The Balaban J connectivity index is 0.000000288. The van der Waals surface area contributed by atoms with E-state index in [9.17, 15) is 4.79 Å². The maximum absolute atomic E-state index is 9.82. The zero-order valence-electron chi connectivity index (χ0n) is 9.27. The van der Waals surface area contributed by atoms with Gasteiger partial charge in [0, 0.05) is 13.5 Å². The third-order valence-corrected chi connectivity index (χ3v) is 1.59. The molecule has 1 N–H and O–H groups in total. The van der Waals surface area contributed by atoms with Crippen LogP contribution in [0.4, 0.5) is 0 Å². The van der Waals surface area contributed by atoms with Crippen LogP contribution in [0.3, 0.4) is 0 Å². The van der Waals surface area contributed by atoms with E-state index in [-0.39, 0.29) is 12.6 Å². The lowest BCUT2D eigenvalue weighted by Gasteiger charge is -1.93. The van der Waals surface area contributed by atoms with E-state index in [2.05, 4.69) is 4.74 Å². The van der Waals surface area contributed by atoms with Crippen LogP contribution in [0.15, 0.2) is 30.3 Å². The highest BCUT2D eigenvalue weighted by Crippen LogP contribution is 1.97. The van der Waals surface area contributed by atoms with E-state index in [0.717, 1.165) is 6.42 Å². The zero-order chi connectivity index (χ0) is 11.5. The van der Waals surface area contributed by atoms with Crippen LogP contribution in [0.2, 0.25) is 0 Å². The number of benzene rings is 1. The van der Waals surface area contributed by atoms with Gasteiger partial charge in [-0.25, -0.2) is 0 Å². The first-order valence-corrected chi connectivity index (χ1v) is 4.98. The molecule has 0 aliphatic carbocycles. The lowest BCUT2D eigenvalue weighted by atomic mass is 10.2. The third kappa shape index (κ3) is 8.97. The van der Waals surface area contributed by atoms with Gasteiger partial charge >= 0.3 is 5.97 Å². The predicted octanol–water partition coefficient (Wildman–Crippen LogP) is 1.79. The van der Waals surface area contributed by atoms with E-state index in [1.165, 1.54) is 12.5 Å². The molecule has 1 aromatic rings. The van der Waals surface area contributed by atoms with Crippen LogP contribution >= 0.6 is 0 Å². The molecular weight excluding hydrogens is 192 g/mol. The van der Waals surface area contributed by atoms with Crippen LogP contribution in [0.1, 0.15) is 19.4 Å². The smallest absolute Gasteiger partial charge is 0.302 e. The molecule has 84 valence electrons. The summed E-state index contributed by atoms with van der Waals surface area (Å²) in [6.07, 6.45) is 0.765. The first-order valence-electron chi connectivity index (χ1n) is 4.98. The van der Waals surface area contributed by atoms with E-state index in [4.69, 9.17) is 5.11 Å². The molecule has 0 aliphatic rings. The summed E-state index contributed by atoms with van der Waals surface area (Å²) < 4.78 is 4.40. The summed E-state index contributed by atoms with van der Waals surface area (Å²) in [5.41, 5.74) is 1.19. The summed E-state index contributed by atoms with van der Waals surface area (Å²) in [5.74, 6) is -0.211. The van der Waals surface area contributed by atoms with Gasteiger partial charge in [0.15, 0.2) is 0 Å². The van der Waals surface area contributed by atoms with Crippen molar-refractivity contribution in [2.24, 2.45) is 0 Å². The number of aliphatic hydroxyl groups excluding tert-OH is 1. The van der Waals surface area contributed by atoms with E-state index in [1.807, 2.05) is 30.3 Å². The third-order valence-electron chi connectivity index (χ3n) is 1.59. The highest BCUT2D eigenvalue weighted by molar-refractivity contribution is 5.65. The molecule has 1 rings (SSSR count). The van der Waals surface area contributed by atoms with Crippen LogP contribution in [-0.4, -0.2) is 24.3 Å². The molecule has 0 radical (unpaired) electrons. The molecule has 3 heteroatoms. The number of hydrogen-bond acceptors (Lipinski definition) is 3. The maximum atomic E-state index is 9.82. The monoisotopic (exact) mass is 210 g/mol. The van der Waals surface area contributed by atoms with Gasteiger partial charge in [0.25, 0.3) is 0 Å². The Hall–Kier alpha value is -1.35. The van der Waals surface area contributed by atoms with Crippen molar-refractivity contribution in [3.8, 4) is 0 Å². The number of rotatable bonds is 3. The molecule has 1 aromatic carbocycles. The van der Waals surface area contributed by atoms with Gasteiger partial charge in [-0.05, 0) is 18.9 Å². The molecule has 0 fully saturated rings. The van der Waals surface area contributed by atoms with Gasteiger partial charge in [0.05, 0.1) is 6.61 Å². The maximum Gasteiger partial charge on any atom is 0.302 e. The Morgan fingerprint density at radius 3 is 2.27 bits per heavy atom. The summed E-state index contributed by atoms with van der Waals surface area (Å²) in [6.45, 7) is 3.89. The van der Waals surface area contributed by atoms with Gasteiger partial charge in [-0.1, -0.05) is 30.3 Å². The first-order chi connectivity index (χ1) is 7.20. The highest BCUT2D eigenvalue weighted by Gasteiger charge is 1.85. The minimum absolute atomic E-state index is 0.211. The fraction of sp³-hybridized carbons (Fsp3) is 0.417. The molecule has 0 bridgehead atoms. The average molecular weight is 210 g/mol. The largest absolute Gasteiger partial charge is 0.466 e. The van der Waals surface area contributed by atoms with Crippen LogP contribution in [0.5, 0.6) is 0 Å². The predicted molar refractivity (Wildman–Crippen MR) is 59.5 cm³/mol. The van der Waals surface area contributed by atoms with Crippen molar-refractivity contribution in [3.63, 3.8) is 0 Å². The number of carbonyl (C=O) groups is 1. The Morgan fingerprint density at radius 1 is 1.33 bits per heavy atom. The Morgan fingerprint density at radius 2 is 1.93 bits per heavy atom. The number of hydrogen-bond donors (Lipinski definition) is 1. The van der Waals surface area contributed by atoms with Gasteiger partial charge in [-0.15, -0.1) is 0 Å². The Bertz CT molecular complexity index is 257. The Labute approximate surface area is 90.7 Å². The minimum Gasteiger partial charge on any atom is -0.466 e. The van der Waals surface area contributed by atoms with Crippen molar-refractivity contribution in [2.45, 2.75) is 20.3 Å². The van der Waals surface area contributed by atoms with E-state index in [0.29, 0.717) is 6.61 Å². The lowest BCUT2D eigenvalue weighted by molar-refractivity contribution is -0.140. The van der Waals surface area contributed by atoms with Crippen molar-refractivity contribution in [3.05, 3.63) is 35.9 Å². The van der Waals surface area contributed by atoms with Crippen molar-refractivity contribution in [2.75, 3.05) is 13.2 Å². The molecule has 0 amide bonds. The highest BCUT2D eigenvalue weighted by atomic mass is 16.5. The molecule has 0 saturated heterocycles. The summed E-state index contributed by atoms with van der Waals surface area (Å²) in [4.78, 5) is 9.82. The molecule has 0 atom stereocenters. The van der Waals surface area contributed by atoms with Gasteiger partial charge in [-0.2, -0.15) is 0 Å². The number of carbonyl (C=O) groups excluding carboxylic acids is 1. The molecule has 0 unspecified atom stereocenters. The quantitative estimate of drug-likeness (QED) is 0.774. The lowest BCUT2D eigenvalue weighted by Crippen LogP contribution is -1.95. The van der Waals surface area contributed by atoms with Crippen LogP contribution in [0.25, 0.3) is 0 Å². The molecule has 15 heavy (non-hydrogen) atoms. The average Bonchev–Trinajstić information content (AvgIpc) is 2.20. The van der Waals surface area contributed by atoms with E-state index >= 15 is 0 Å². The van der Waals surface area contributed by atoms with E-state index < -0.39 is 0 Å².